The number of aromatic hydroxyl groups is 2. The van der Waals surface area contributed by atoms with E-state index in [4.69, 9.17) is 5.11 Å². The Hall–Kier alpha value is -0.480. The van der Waals surface area contributed by atoms with Crippen LogP contribution in [0.3, 0.4) is 0 Å². The summed E-state index contributed by atoms with van der Waals surface area (Å²) >= 11 is 7.91. The predicted molar refractivity (Wildman–Crippen MR) is 49.0 cm³/mol. The lowest BCUT2D eigenvalue weighted by Gasteiger charge is -2.06. The lowest BCUT2D eigenvalue weighted by molar-refractivity contribution is 0.432. The normalized spacial score (nSPS) is 10.1. The Kier molecular flexibility index (Phi) is 2.25. The van der Waals surface area contributed by atoms with Gasteiger partial charge >= 0.3 is 0 Å². The van der Waals surface area contributed by atoms with Gasteiger partial charge in [-0.25, -0.2) is 0 Å². The Bertz CT molecular complexity index is 271. The second-order valence-electron chi connectivity index (χ2n) is 2.26. The quantitative estimate of drug-likeness (QED) is 0.371. The Morgan fingerprint density at radius 1 is 1.18 bits per heavy atom. The highest BCUT2D eigenvalue weighted by atomic mass is 32.1. The summed E-state index contributed by atoms with van der Waals surface area (Å²) in [4.78, 5) is 0.613. The average Bonchev–Trinajstić information content (AvgIpc) is 1.97. The zero-order valence-electron chi connectivity index (χ0n) is 5.87. The first-order valence-electron chi connectivity index (χ1n) is 2.97. The van der Waals surface area contributed by atoms with Crippen molar-refractivity contribution in [2.75, 3.05) is 0 Å². The number of rotatable bonds is 0. The molecule has 0 aliphatic heterocycles. The topological polar surface area (TPSA) is 40.5 Å². The van der Waals surface area contributed by atoms with Gasteiger partial charge in [0.1, 0.15) is 11.5 Å². The van der Waals surface area contributed by atoms with E-state index in [1.165, 1.54) is 6.07 Å². The molecule has 0 spiro atoms. The molecule has 0 bridgehead atoms. The van der Waals surface area contributed by atoms with Crippen molar-refractivity contribution >= 4 is 25.3 Å². The van der Waals surface area contributed by atoms with Crippen LogP contribution in [0.5, 0.6) is 11.5 Å². The number of hydrogen-bond donors (Lipinski definition) is 4. The molecule has 0 aromatic heterocycles. The number of phenols is 2. The Morgan fingerprint density at radius 3 is 2.27 bits per heavy atom. The maximum atomic E-state index is 9.28. The third-order valence-corrected chi connectivity index (χ3v) is 2.48. The lowest BCUT2D eigenvalue weighted by Crippen LogP contribution is -1.80. The van der Waals surface area contributed by atoms with E-state index in [2.05, 4.69) is 25.3 Å². The van der Waals surface area contributed by atoms with E-state index in [1.54, 1.807) is 6.92 Å². The Balaban J connectivity index is 3.46. The number of aryl methyl sites for hydroxylation is 1. The van der Waals surface area contributed by atoms with Crippen LogP contribution in [-0.4, -0.2) is 10.2 Å². The molecule has 2 nitrogen and oxygen atoms in total. The van der Waals surface area contributed by atoms with Gasteiger partial charge < -0.3 is 10.2 Å². The summed E-state index contributed by atoms with van der Waals surface area (Å²) in [6.07, 6.45) is 0. The average molecular weight is 188 g/mol. The zero-order valence-corrected chi connectivity index (χ0v) is 7.66. The van der Waals surface area contributed by atoms with Crippen LogP contribution in [0.25, 0.3) is 0 Å². The van der Waals surface area contributed by atoms with Crippen molar-refractivity contribution in [3.8, 4) is 11.5 Å². The summed E-state index contributed by atoms with van der Waals surface area (Å²) < 4.78 is 0. The fourth-order valence-electron chi connectivity index (χ4n) is 0.762. The zero-order chi connectivity index (χ0) is 8.59. The molecule has 0 unspecified atom stereocenters. The van der Waals surface area contributed by atoms with E-state index in [9.17, 15) is 5.11 Å². The molecule has 1 rings (SSSR count). The first kappa shape index (κ1) is 8.62. The molecule has 2 N–H and O–H groups in total. The summed E-state index contributed by atoms with van der Waals surface area (Å²) in [6, 6.07) is 1.44. The van der Waals surface area contributed by atoms with Gasteiger partial charge in [0.15, 0.2) is 0 Å². The molecular formula is C7H8O2S2. The molecular weight excluding hydrogens is 180 g/mol. The standard InChI is InChI=1S/C7H8O2S2/c1-3-2-4(8)6(10)7(11)5(3)9/h2,8-11H,1H3. The van der Waals surface area contributed by atoms with E-state index < -0.39 is 0 Å². The van der Waals surface area contributed by atoms with Gasteiger partial charge in [0.2, 0.25) is 0 Å². The van der Waals surface area contributed by atoms with Crippen LogP contribution in [0.15, 0.2) is 15.9 Å². The number of thiol groups is 2. The van der Waals surface area contributed by atoms with Crippen LogP contribution in [0.2, 0.25) is 0 Å². The molecule has 4 heteroatoms. The second kappa shape index (κ2) is 2.87. The van der Waals surface area contributed by atoms with Crippen LogP contribution in [-0.2, 0) is 0 Å². The highest BCUT2D eigenvalue weighted by Gasteiger charge is 2.08. The summed E-state index contributed by atoms with van der Waals surface area (Å²) in [7, 11) is 0. The monoisotopic (exact) mass is 188 g/mol. The fraction of sp³-hybridized carbons (Fsp3) is 0.143. The van der Waals surface area contributed by atoms with Gasteiger partial charge in [0.05, 0.1) is 9.79 Å². The SMILES string of the molecule is Cc1cc(O)c(S)c(S)c1O. The fourth-order valence-corrected chi connectivity index (χ4v) is 1.22. The van der Waals surface area contributed by atoms with Crippen molar-refractivity contribution < 1.29 is 10.2 Å². The molecule has 11 heavy (non-hydrogen) atoms. The number of phenolic OH excluding ortho intramolecular Hbond substituents is 2. The molecule has 0 saturated carbocycles. The second-order valence-corrected chi connectivity index (χ2v) is 3.15. The molecule has 0 saturated heterocycles. The molecule has 60 valence electrons. The maximum absolute atomic E-state index is 9.28. The molecule has 0 radical (unpaired) electrons. The predicted octanol–water partition coefficient (Wildman–Crippen LogP) is 1.98. The van der Waals surface area contributed by atoms with Gasteiger partial charge in [0, 0.05) is 0 Å². The third-order valence-electron chi connectivity index (χ3n) is 1.42. The first-order chi connectivity index (χ1) is 5.04. The van der Waals surface area contributed by atoms with Crippen molar-refractivity contribution in [1.29, 1.82) is 0 Å². The van der Waals surface area contributed by atoms with Gasteiger partial charge in [-0.1, -0.05) is 0 Å². The van der Waals surface area contributed by atoms with Crippen molar-refractivity contribution in [2.24, 2.45) is 0 Å². The number of hydrogen-bond acceptors (Lipinski definition) is 4. The van der Waals surface area contributed by atoms with Crippen LogP contribution < -0.4 is 0 Å². The third kappa shape index (κ3) is 1.41. The van der Waals surface area contributed by atoms with E-state index in [-0.39, 0.29) is 11.5 Å². The van der Waals surface area contributed by atoms with Crippen molar-refractivity contribution in [1.82, 2.24) is 0 Å². The van der Waals surface area contributed by atoms with E-state index in [0.29, 0.717) is 15.4 Å². The molecule has 1 aromatic rings. The summed E-state index contributed by atoms with van der Waals surface area (Å²) in [5, 5.41) is 18.4. The first-order valence-corrected chi connectivity index (χ1v) is 3.87. The molecule has 0 amide bonds. The minimum absolute atomic E-state index is 0.0358. The molecule has 0 atom stereocenters. The van der Waals surface area contributed by atoms with Gasteiger partial charge in [0.25, 0.3) is 0 Å². The lowest BCUT2D eigenvalue weighted by atomic mass is 10.2. The summed E-state index contributed by atoms with van der Waals surface area (Å²) in [5.74, 6) is 0.102. The van der Waals surface area contributed by atoms with Gasteiger partial charge in [-0.15, -0.1) is 25.3 Å². The minimum Gasteiger partial charge on any atom is -0.507 e. The van der Waals surface area contributed by atoms with Crippen LogP contribution in [0, 0.1) is 6.92 Å². The van der Waals surface area contributed by atoms with Gasteiger partial charge in [-0.3, -0.25) is 0 Å². The highest BCUT2D eigenvalue weighted by molar-refractivity contribution is 7.83. The van der Waals surface area contributed by atoms with E-state index >= 15 is 0 Å². The Morgan fingerprint density at radius 2 is 1.73 bits per heavy atom. The largest absolute Gasteiger partial charge is 0.507 e. The Labute approximate surface area is 75.7 Å². The number of benzene rings is 1. The van der Waals surface area contributed by atoms with Crippen LogP contribution >= 0.6 is 25.3 Å². The van der Waals surface area contributed by atoms with Gasteiger partial charge in [-0.2, -0.15) is 0 Å². The minimum atomic E-state index is 0.0358. The molecule has 0 fully saturated rings. The van der Waals surface area contributed by atoms with E-state index in [0.717, 1.165) is 0 Å². The molecule has 0 heterocycles. The van der Waals surface area contributed by atoms with Crippen LogP contribution in [0.1, 0.15) is 5.56 Å². The van der Waals surface area contributed by atoms with Crippen molar-refractivity contribution in [2.45, 2.75) is 16.7 Å². The molecule has 0 aliphatic carbocycles. The van der Waals surface area contributed by atoms with E-state index in [1.807, 2.05) is 0 Å². The smallest absolute Gasteiger partial charge is 0.133 e. The van der Waals surface area contributed by atoms with Crippen LogP contribution in [0.4, 0.5) is 0 Å². The summed E-state index contributed by atoms with van der Waals surface area (Å²) in [6.45, 7) is 1.68. The summed E-state index contributed by atoms with van der Waals surface area (Å²) in [5.41, 5.74) is 0.588. The highest BCUT2D eigenvalue weighted by Crippen LogP contribution is 2.37. The molecule has 1 aromatic carbocycles. The van der Waals surface area contributed by atoms with Gasteiger partial charge in [-0.05, 0) is 18.6 Å². The van der Waals surface area contributed by atoms with Crippen molar-refractivity contribution in [3.05, 3.63) is 11.6 Å². The molecule has 0 aliphatic rings. The maximum Gasteiger partial charge on any atom is 0.133 e. The van der Waals surface area contributed by atoms with Crippen molar-refractivity contribution in [3.63, 3.8) is 0 Å².